The summed E-state index contributed by atoms with van der Waals surface area (Å²) in [6, 6.07) is 2.11. The highest BCUT2D eigenvalue weighted by molar-refractivity contribution is 9.10. The normalized spacial score (nSPS) is 16.4. The number of carbonyl (C=O) groups excluding carboxylic acids is 2. The highest BCUT2D eigenvalue weighted by Gasteiger charge is 2.25. The van der Waals surface area contributed by atoms with E-state index in [1.54, 1.807) is 0 Å². The van der Waals surface area contributed by atoms with Gasteiger partial charge in [-0.05, 0) is 40.2 Å². The molecule has 1 aromatic rings. The first-order valence-electron chi connectivity index (χ1n) is 6.43. The number of carbonyl (C=O) groups is 2. The Morgan fingerprint density at radius 2 is 2.16 bits per heavy atom. The number of halogens is 1. The van der Waals surface area contributed by atoms with E-state index in [2.05, 4.69) is 21.2 Å². The minimum atomic E-state index is 0.0853. The molecule has 1 aliphatic rings. The number of thiophene rings is 1. The zero-order chi connectivity index (χ0) is 13.8. The van der Waals surface area contributed by atoms with Crippen LogP contribution >= 0.6 is 27.3 Å². The van der Waals surface area contributed by atoms with Crippen molar-refractivity contribution in [2.75, 3.05) is 13.1 Å². The van der Waals surface area contributed by atoms with Gasteiger partial charge in [0.15, 0.2) is 0 Å². The van der Waals surface area contributed by atoms with Crippen LogP contribution in [0, 0.1) is 0 Å². The van der Waals surface area contributed by atoms with Gasteiger partial charge in [-0.15, -0.1) is 11.3 Å². The zero-order valence-electron chi connectivity index (χ0n) is 10.8. The Hall–Kier alpha value is -0.880. The van der Waals surface area contributed by atoms with Gasteiger partial charge < -0.3 is 10.2 Å². The van der Waals surface area contributed by atoms with Gasteiger partial charge in [0.25, 0.3) is 5.91 Å². The summed E-state index contributed by atoms with van der Waals surface area (Å²) in [5.41, 5.74) is 0. The third-order valence-corrected chi connectivity index (χ3v) is 5.11. The average Bonchev–Trinajstić information content (AvgIpc) is 2.85. The fourth-order valence-corrected chi connectivity index (χ4v) is 3.65. The molecule has 1 aliphatic heterocycles. The predicted octanol–water partition coefficient (Wildman–Crippen LogP) is 2.64. The van der Waals surface area contributed by atoms with Gasteiger partial charge in [0.1, 0.15) is 4.88 Å². The molecule has 0 saturated carbocycles. The van der Waals surface area contributed by atoms with Gasteiger partial charge >= 0.3 is 0 Å². The lowest BCUT2D eigenvalue weighted by molar-refractivity contribution is -0.121. The summed E-state index contributed by atoms with van der Waals surface area (Å²) in [6.07, 6.45) is 2.18. The number of piperidine rings is 1. The molecule has 1 fully saturated rings. The molecule has 1 saturated heterocycles. The van der Waals surface area contributed by atoms with Crippen molar-refractivity contribution in [1.82, 2.24) is 10.2 Å². The molecule has 2 heterocycles. The van der Waals surface area contributed by atoms with Crippen molar-refractivity contribution in [2.24, 2.45) is 0 Å². The van der Waals surface area contributed by atoms with Crippen LogP contribution in [-0.2, 0) is 4.79 Å². The van der Waals surface area contributed by atoms with Crippen LogP contribution in [0.25, 0.3) is 0 Å². The van der Waals surface area contributed by atoms with E-state index in [9.17, 15) is 9.59 Å². The molecule has 1 aromatic heterocycles. The van der Waals surface area contributed by atoms with Crippen LogP contribution in [0.15, 0.2) is 15.9 Å². The monoisotopic (exact) mass is 344 g/mol. The first-order chi connectivity index (χ1) is 9.11. The molecule has 6 heteroatoms. The Balaban J connectivity index is 1.88. The third kappa shape index (κ3) is 3.57. The number of nitrogens with zero attached hydrogens (tertiary/aromatic N) is 1. The fraction of sp³-hybridized carbons (Fsp3) is 0.538. The minimum Gasteiger partial charge on any atom is -0.353 e. The van der Waals surface area contributed by atoms with Crippen molar-refractivity contribution in [1.29, 1.82) is 0 Å². The van der Waals surface area contributed by atoms with Crippen molar-refractivity contribution >= 4 is 39.1 Å². The topological polar surface area (TPSA) is 49.4 Å². The van der Waals surface area contributed by atoms with Crippen LogP contribution in [0.4, 0.5) is 0 Å². The lowest BCUT2D eigenvalue weighted by Gasteiger charge is -2.32. The molecule has 19 heavy (non-hydrogen) atoms. The Morgan fingerprint density at radius 3 is 2.68 bits per heavy atom. The average molecular weight is 345 g/mol. The molecule has 2 amide bonds. The summed E-state index contributed by atoms with van der Waals surface area (Å²) in [7, 11) is 0. The number of nitrogens with one attached hydrogen (secondary N) is 1. The summed E-state index contributed by atoms with van der Waals surface area (Å²) in [4.78, 5) is 26.2. The molecule has 1 N–H and O–H groups in total. The Labute approximate surface area is 125 Å². The Kier molecular flexibility index (Phi) is 4.99. The Morgan fingerprint density at radius 1 is 1.47 bits per heavy atom. The van der Waals surface area contributed by atoms with E-state index in [1.165, 1.54) is 11.3 Å². The van der Waals surface area contributed by atoms with E-state index in [0.717, 1.165) is 22.2 Å². The number of amides is 2. The summed E-state index contributed by atoms with van der Waals surface area (Å²) in [5, 5.41) is 4.90. The second-order valence-electron chi connectivity index (χ2n) is 4.59. The highest BCUT2D eigenvalue weighted by Crippen LogP contribution is 2.25. The molecule has 0 aliphatic carbocycles. The number of likely N-dealkylation sites (tertiary alicyclic amines) is 1. The quantitative estimate of drug-likeness (QED) is 0.916. The smallest absolute Gasteiger partial charge is 0.265 e. The maximum absolute atomic E-state index is 12.3. The second-order valence-corrected chi connectivity index (χ2v) is 6.36. The van der Waals surface area contributed by atoms with E-state index in [1.807, 2.05) is 23.3 Å². The maximum atomic E-state index is 12.3. The first kappa shape index (κ1) is 14.5. The van der Waals surface area contributed by atoms with Gasteiger partial charge in [-0.3, -0.25) is 9.59 Å². The summed E-state index contributed by atoms with van der Waals surface area (Å²) < 4.78 is 0.865. The second kappa shape index (κ2) is 6.52. The maximum Gasteiger partial charge on any atom is 0.265 e. The zero-order valence-corrected chi connectivity index (χ0v) is 13.2. The molecular weight excluding hydrogens is 328 g/mol. The molecule has 0 atom stereocenters. The van der Waals surface area contributed by atoms with Gasteiger partial charge in [0.2, 0.25) is 5.91 Å². The molecular formula is C13H17BrN2O2S. The molecule has 0 spiro atoms. The molecule has 0 aromatic carbocycles. The fourth-order valence-electron chi connectivity index (χ4n) is 2.15. The lowest BCUT2D eigenvalue weighted by atomic mass is 10.0. The molecule has 0 unspecified atom stereocenters. The van der Waals surface area contributed by atoms with Crippen molar-refractivity contribution in [3.05, 3.63) is 20.8 Å². The third-order valence-electron chi connectivity index (χ3n) is 3.28. The van der Waals surface area contributed by atoms with Crippen LogP contribution in [0.1, 0.15) is 35.9 Å². The van der Waals surface area contributed by atoms with Gasteiger partial charge in [-0.1, -0.05) is 6.92 Å². The summed E-state index contributed by atoms with van der Waals surface area (Å²) >= 11 is 4.85. The van der Waals surface area contributed by atoms with Gasteiger partial charge in [0.05, 0.1) is 0 Å². The van der Waals surface area contributed by atoms with Crippen molar-refractivity contribution in [2.45, 2.75) is 32.2 Å². The van der Waals surface area contributed by atoms with E-state index in [-0.39, 0.29) is 17.9 Å². The van der Waals surface area contributed by atoms with E-state index < -0.39 is 0 Å². The van der Waals surface area contributed by atoms with Crippen LogP contribution in [0.3, 0.4) is 0 Å². The van der Waals surface area contributed by atoms with Crippen molar-refractivity contribution in [3.63, 3.8) is 0 Å². The SMILES string of the molecule is CCC(=O)NC1CCN(C(=O)c2sccc2Br)CC1. The largest absolute Gasteiger partial charge is 0.353 e. The molecule has 0 radical (unpaired) electrons. The number of rotatable bonds is 3. The van der Waals surface area contributed by atoms with E-state index in [0.29, 0.717) is 19.5 Å². The van der Waals surface area contributed by atoms with Gasteiger partial charge in [-0.25, -0.2) is 0 Å². The summed E-state index contributed by atoms with van der Waals surface area (Å²) in [6.45, 7) is 3.26. The number of hydrogen-bond donors (Lipinski definition) is 1. The molecule has 104 valence electrons. The highest BCUT2D eigenvalue weighted by atomic mass is 79.9. The Bertz CT molecular complexity index is 467. The standard InChI is InChI=1S/C13H17BrN2O2S/c1-2-11(17)15-9-3-6-16(7-4-9)13(18)12-10(14)5-8-19-12/h5,8-9H,2-4,6-7H2,1H3,(H,15,17). The molecule has 4 nitrogen and oxygen atoms in total. The van der Waals surface area contributed by atoms with Gasteiger partial charge in [0, 0.05) is 30.0 Å². The number of hydrogen-bond acceptors (Lipinski definition) is 3. The van der Waals surface area contributed by atoms with Crippen LogP contribution in [0.5, 0.6) is 0 Å². The lowest BCUT2D eigenvalue weighted by Crippen LogP contribution is -2.46. The molecule has 0 bridgehead atoms. The summed E-state index contributed by atoms with van der Waals surface area (Å²) in [5.74, 6) is 0.174. The van der Waals surface area contributed by atoms with Crippen LogP contribution in [0.2, 0.25) is 0 Å². The van der Waals surface area contributed by atoms with E-state index in [4.69, 9.17) is 0 Å². The van der Waals surface area contributed by atoms with Crippen molar-refractivity contribution < 1.29 is 9.59 Å². The van der Waals surface area contributed by atoms with Crippen molar-refractivity contribution in [3.8, 4) is 0 Å². The van der Waals surface area contributed by atoms with Gasteiger partial charge in [-0.2, -0.15) is 0 Å². The first-order valence-corrected chi connectivity index (χ1v) is 8.10. The van der Waals surface area contributed by atoms with E-state index >= 15 is 0 Å². The van der Waals surface area contributed by atoms with Crippen LogP contribution in [-0.4, -0.2) is 35.8 Å². The minimum absolute atomic E-state index is 0.0853. The predicted molar refractivity (Wildman–Crippen MR) is 79.4 cm³/mol. The molecule has 2 rings (SSSR count). The van der Waals surface area contributed by atoms with Crippen LogP contribution < -0.4 is 5.32 Å².